The zero-order chi connectivity index (χ0) is 33.6. The first-order valence-corrected chi connectivity index (χ1v) is 21.7. The maximum Gasteiger partial charge on any atom is 0.333 e. The summed E-state index contributed by atoms with van der Waals surface area (Å²) in [6.07, 6.45) is 2.22. The molecule has 2 atom stereocenters. The molecule has 2 aliphatic rings. The van der Waals surface area contributed by atoms with Crippen LogP contribution in [0, 0.1) is 0 Å². The van der Waals surface area contributed by atoms with E-state index in [1.807, 2.05) is 60.9 Å². The van der Waals surface area contributed by atoms with Gasteiger partial charge in [-0.2, -0.15) is 23.5 Å². The number of rotatable bonds is 21. The second-order valence-corrected chi connectivity index (χ2v) is 19.7. The number of carbonyl (C=O) groups is 2. The lowest BCUT2D eigenvalue weighted by atomic mass is 10.1. The van der Waals surface area contributed by atoms with E-state index in [0.29, 0.717) is 49.1 Å². The summed E-state index contributed by atoms with van der Waals surface area (Å²) in [4.78, 5) is 25.1. The third-order valence-corrected chi connectivity index (χ3v) is 15.8. The molecule has 0 saturated carbocycles. The summed E-state index contributed by atoms with van der Waals surface area (Å²) in [6, 6.07) is 5.31. The molecule has 0 radical (unpaired) electrons. The molecule has 3 rings (SSSR count). The van der Waals surface area contributed by atoms with Gasteiger partial charge in [0.25, 0.3) is 0 Å². The van der Waals surface area contributed by atoms with Crippen LogP contribution in [0.25, 0.3) is 0 Å². The monoisotopic (exact) mass is 748 g/mol. The number of hydrogen-bond acceptors (Lipinski definition) is 13. The molecule has 0 bridgehead atoms. The fourth-order valence-corrected chi connectivity index (χ4v) is 12.7. The second kappa shape index (κ2) is 20.0. The summed E-state index contributed by atoms with van der Waals surface area (Å²) in [7, 11) is 1.58. The smallest absolute Gasteiger partial charge is 0.333 e. The fourth-order valence-electron chi connectivity index (χ4n) is 4.21. The Morgan fingerprint density at radius 1 is 0.739 bits per heavy atom. The van der Waals surface area contributed by atoms with Crippen LogP contribution in [0.1, 0.15) is 40.5 Å². The van der Waals surface area contributed by atoms with Gasteiger partial charge in [0.15, 0.2) is 11.2 Å². The number of ether oxygens (including phenoxy) is 5. The van der Waals surface area contributed by atoms with Crippen LogP contribution in [-0.2, 0) is 19.1 Å². The third-order valence-electron chi connectivity index (χ3n) is 6.74. The maximum absolute atomic E-state index is 12.5. The fraction of sp³-hybridized carbons (Fsp3) is 0.636. The standard InChI is InChI=1S/C33H48O7S6/c1-23(2)30(34)39-32(5,21-41-10-8-28-43-12-13-44-28)19-37-26-16-25(36-7)17-27(18-26)38-20-33(6,40-31(35)24(3)4)22-42-11-9-29-45-14-15-46-29/h16-18,28-29H,1,3,8-15,19-22H2,2,4-7H3. The van der Waals surface area contributed by atoms with Crippen LogP contribution in [0.2, 0.25) is 0 Å². The van der Waals surface area contributed by atoms with Crippen molar-refractivity contribution >= 4 is 82.5 Å². The molecule has 1 aromatic rings. The van der Waals surface area contributed by atoms with E-state index in [-0.39, 0.29) is 13.2 Å². The molecule has 0 amide bonds. The molecule has 2 unspecified atom stereocenters. The molecular formula is C33H48O7S6. The lowest BCUT2D eigenvalue weighted by molar-refractivity contribution is -0.154. The molecule has 0 aliphatic carbocycles. The van der Waals surface area contributed by atoms with Crippen molar-refractivity contribution in [1.82, 2.24) is 0 Å². The summed E-state index contributed by atoms with van der Waals surface area (Å²) >= 11 is 11.6. The molecule has 258 valence electrons. The van der Waals surface area contributed by atoms with Crippen molar-refractivity contribution < 1.29 is 33.3 Å². The molecule has 0 aromatic heterocycles. The van der Waals surface area contributed by atoms with Gasteiger partial charge < -0.3 is 23.7 Å². The van der Waals surface area contributed by atoms with E-state index in [1.54, 1.807) is 62.7 Å². The van der Waals surface area contributed by atoms with Gasteiger partial charge in [0.1, 0.15) is 30.5 Å². The summed E-state index contributed by atoms with van der Waals surface area (Å²) in [5.74, 6) is 8.68. The van der Waals surface area contributed by atoms with Crippen LogP contribution in [0.3, 0.4) is 0 Å². The first kappa shape index (κ1) is 39.6. The van der Waals surface area contributed by atoms with E-state index in [4.69, 9.17) is 23.7 Å². The number of thioether (sulfide) groups is 6. The molecular weight excluding hydrogens is 701 g/mol. The molecule has 2 aliphatic heterocycles. The Bertz CT molecular complexity index is 1090. The van der Waals surface area contributed by atoms with Crippen molar-refractivity contribution in [2.24, 2.45) is 0 Å². The van der Waals surface area contributed by atoms with Gasteiger partial charge in [-0.3, -0.25) is 0 Å². The summed E-state index contributed by atoms with van der Waals surface area (Å²) in [5, 5.41) is 0. The van der Waals surface area contributed by atoms with Gasteiger partial charge in [-0.05, 0) is 52.0 Å². The first-order valence-electron chi connectivity index (χ1n) is 15.2. The van der Waals surface area contributed by atoms with Gasteiger partial charge in [-0.25, -0.2) is 9.59 Å². The molecule has 7 nitrogen and oxygen atoms in total. The molecule has 0 N–H and O–H groups in total. The number of carbonyl (C=O) groups excluding carboxylic acids is 2. The Labute approximate surface area is 301 Å². The second-order valence-electron chi connectivity index (χ2n) is 11.7. The predicted molar refractivity (Wildman–Crippen MR) is 204 cm³/mol. The molecule has 46 heavy (non-hydrogen) atoms. The zero-order valence-corrected chi connectivity index (χ0v) is 32.5. The quantitative estimate of drug-likeness (QED) is 0.0692. The predicted octanol–water partition coefficient (Wildman–Crippen LogP) is 8.07. The number of esters is 2. The Balaban J connectivity index is 1.64. The van der Waals surface area contributed by atoms with Crippen LogP contribution < -0.4 is 14.2 Å². The SMILES string of the molecule is C=C(C)C(=O)OC(C)(COc1cc(OC)cc(OCC(C)(CSCCC2SCCS2)OC(=O)C(=C)C)c1)CSCCC1SCCS1. The summed E-state index contributed by atoms with van der Waals surface area (Å²) in [6.45, 7) is 14.8. The van der Waals surface area contributed by atoms with Crippen molar-refractivity contribution in [3.63, 3.8) is 0 Å². The number of methoxy groups -OCH3 is 1. The molecule has 13 heteroatoms. The van der Waals surface area contributed by atoms with E-state index in [9.17, 15) is 9.59 Å². The zero-order valence-electron chi connectivity index (χ0n) is 27.6. The third kappa shape index (κ3) is 14.3. The minimum atomic E-state index is -0.872. The Morgan fingerprint density at radius 3 is 1.46 bits per heavy atom. The Kier molecular flexibility index (Phi) is 17.2. The van der Waals surface area contributed by atoms with E-state index < -0.39 is 23.1 Å². The molecule has 1 aromatic carbocycles. The average molecular weight is 749 g/mol. The van der Waals surface area contributed by atoms with Gasteiger partial charge in [-0.15, -0.1) is 47.0 Å². The molecule has 2 heterocycles. The van der Waals surface area contributed by atoms with Gasteiger partial charge in [-0.1, -0.05) is 13.2 Å². The van der Waals surface area contributed by atoms with Crippen molar-refractivity contribution in [2.45, 2.75) is 60.9 Å². The molecule has 0 spiro atoms. The highest BCUT2D eigenvalue weighted by atomic mass is 32.2. The largest absolute Gasteiger partial charge is 0.496 e. The maximum atomic E-state index is 12.5. The van der Waals surface area contributed by atoms with Crippen LogP contribution in [0.4, 0.5) is 0 Å². The van der Waals surface area contributed by atoms with Gasteiger partial charge in [0, 0.05) is 63.9 Å². The number of hydrogen-bond donors (Lipinski definition) is 0. The van der Waals surface area contributed by atoms with Crippen LogP contribution in [0.5, 0.6) is 17.2 Å². The van der Waals surface area contributed by atoms with Crippen molar-refractivity contribution in [3.8, 4) is 17.2 Å². The highest BCUT2D eigenvalue weighted by Gasteiger charge is 2.33. The van der Waals surface area contributed by atoms with E-state index in [1.165, 1.54) is 23.0 Å². The topological polar surface area (TPSA) is 80.3 Å². The highest BCUT2D eigenvalue weighted by molar-refractivity contribution is 8.20. The normalized spacial score (nSPS) is 17.9. The summed E-state index contributed by atoms with van der Waals surface area (Å²) < 4.78 is 31.1. The lowest BCUT2D eigenvalue weighted by Crippen LogP contribution is -2.41. The van der Waals surface area contributed by atoms with Crippen molar-refractivity contribution in [2.75, 3.05) is 66.3 Å². The Hall–Kier alpha value is -0.860. The van der Waals surface area contributed by atoms with Crippen molar-refractivity contribution in [1.29, 1.82) is 0 Å². The van der Waals surface area contributed by atoms with E-state index in [0.717, 1.165) is 24.3 Å². The highest BCUT2D eigenvalue weighted by Crippen LogP contribution is 2.37. The minimum Gasteiger partial charge on any atom is -0.496 e. The number of benzene rings is 1. The first-order chi connectivity index (χ1) is 21.9. The van der Waals surface area contributed by atoms with Crippen LogP contribution >= 0.6 is 70.6 Å². The average Bonchev–Trinajstić information content (AvgIpc) is 3.74. The van der Waals surface area contributed by atoms with Crippen LogP contribution in [0.15, 0.2) is 42.5 Å². The minimum absolute atomic E-state index is 0.140. The molecule has 2 fully saturated rings. The Morgan fingerprint density at radius 2 is 1.11 bits per heavy atom. The van der Waals surface area contributed by atoms with E-state index in [2.05, 4.69) is 13.2 Å². The van der Waals surface area contributed by atoms with Crippen molar-refractivity contribution in [3.05, 3.63) is 42.5 Å². The van der Waals surface area contributed by atoms with E-state index >= 15 is 0 Å². The molecule has 2 saturated heterocycles. The summed E-state index contributed by atoms with van der Waals surface area (Å²) in [5.41, 5.74) is -1.06. The van der Waals surface area contributed by atoms with Gasteiger partial charge >= 0.3 is 11.9 Å². The van der Waals surface area contributed by atoms with Gasteiger partial charge in [0.05, 0.1) is 16.3 Å². The lowest BCUT2D eigenvalue weighted by Gasteiger charge is -2.30. The van der Waals surface area contributed by atoms with Gasteiger partial charge in [0.2, 0.25) is 0 Å². The van der Waals surface area contributed by atoms with Crippen LogP contribution in [-0.4, -0.2) is 98.7 Å².